The van der Waals surface area contributed by atoms with Crippen molar-refractivity contribution < 1.29 is 26.5 Å². The Morgan fingerprint density at radius 2 is 1.93 bits per heavy atom. The fourth-order valence-corrected chi connectivity index (χ4v) is 4.66. The SMILES string of the molecule is O=S(=O)(c1cc(F)cc(F)c1)N1CCCC(OCc2nc(C3CC3)no2)C1. The quantitative estimate of drug-likeness (QED) is 0.742. The lowest BCUT2D eigenvalue weighted by molar-refractivity contribution is -0.00296. The number of nitrogens with zero attached hydrogens (tertiary/aromatic N) is 3. The maximum absolute atomic E-state index is 13.4. The zero-order valence-corrected chi connectivity index (χ0v) is 15.3. The maximum atomic E-state index is 13.4. The zero-order chi connectivity index (χ0) is 19.0. The summed E-state index contributed by atoms with van der Waals surface area (Å²) in [5, 5.41) is 3.91. The Kier molecular flexibility index (Phi) is 4.95. The molecule has 27 heavy (non-hydrogen) atoms. The third-order valence-corrected chi connectivity index (χ3v) is 6.53. The molecule has 2 aromatic rings. The molecule has 1 saturated heterocycles. The molecule has 0 bridgehead atoms. The topological polar surface area (TPSA) is 85.5 Å². The summed E-state index contributed by atoms with van der Waals surface area (Å²) in [6.07, 6.45) is 3.03. The van der Waals surface area contributed by atoms with E-state index in [1.165, 1.54) is 4.31 Å². The summed E-state index contributed by atoms with van der Waals surface area (Å²) in [7, 11) is -4.00. The molecular formula is C17H19F2N3O4S. The van der Waals surface area contributed by atoms with Crippen LogP contribution in [0.4, 0.5) is 8.78 Å². The van der Waals surface area contributed by atoms with E-state index in [1.807, 2.05) is 0 Å². The predicted molar refractivity (Wildman–Crippen MR) is 89.2 cm³/mol. The summed E-state index contributed by atoms with van der Waals surface area (Å²) < 4.78 is 64.3. The van der Waals surface area contributed by atoms with E-state index in [4.69, 9.17) is 9.26 Å². The zero-order valence-electron chi connectivity index (χ0n) is 14.5. The van der Waals surface area contributed by atoms with Gasteiger partial charge in [0.05, 0.1) is 11.0 Å². The Bertz CT molecular complexity index is 910. The lowest BCUT2D eigenvalue weighted by Crippen LogP contribution is -2.43. The van der Waals surface area contributed by atoms with Crippen LogP contribution >= 0.6 is 0 Å². The van der Waals surface area contributed by atoms with Crippen LogP contribution in [0.3, 0.4) is 0 Å². The van der Waals surface area contributed by atoms with Gasteiger partial charge in [-0.1, -0.05) is 5.16 Å². The molecule has 2 heterocycles. The Hall–Kier alpha value is -1.91. The number of benzene rings is 1. The predicted octanol–water partition coefficient (Wildman–Crippen LogP) is 2.60. The third kappa shape index (κ3) is 4.17. The maximum Gasteiger partial charge on any atom is 0.252 e. The van der Waals surface area contributed by atoms with Crippen molar-refractivity contribution in [2.75, 3.05) is 13.1 Å². The number of aromatic nitrogens is 2. The smallest absolute Gasteiger partial charge is 0.252 e. The summed E-state index contributed by atoms with van der Waals surface area (Å²) >= 11 is 0. The van der Waals surface area contributed by atoms with Crippen molar-refractivity contribution in [2.24, 2.45) is 0 Å². The Balaban J connectivity index is 1.40. The molecule has 10 heteroatoms. The third-order valence-electron chi connectivity index (χ3n) is 4.68. The van der Waals surface area contributed by atoms with E-state index in [9.17, 15) is 17.2 Å². The van der Waals surface area contributed by atoms with E-state index in [0.29, 0.717) is 36.5 Å². The van der Waals surface area contributed by atoms with Crippen LogP contribution < -0.4 is 0 Å². The number of rotatable bonds is 6. The first-order chi connectivity index (χ1) is 12.9. The van der Waals surface area contributed by atoms with Crippen molar-refractivity contribution in [3.05, 3.63) is 41.5 Å². The van der Waals surface area contributed by atoms with Gasteiger partial charge in [0, 0.05) is 25.1 Å². The summed E-state index contributed by atoms with van der Waals surface area (Å²) in [4.78, 5) is 3.88. The van der Waals surface area contributed by atoms with Crippen LogP contribution in [-0.2, 0) is 21.4 Å². The molecule has 1 aliphatic carbocycles. The highest BCUT2D eigenvalue weighted by atomic mass is 32.2. The average Bonchev–Trinajstić information content (AvgIpc) is 3.38. The first-order valence-corrected chi connectivity index (χ1v) is 10.3. The molecule has 0 amide bonds. The van der Waals surface area contributed by atoms with Crippen molar-refractivity contribution in [1.29, 1.82) is 0 Å². The monoisotopic (exact) mass is 399 g/mol. The molecule has 0 N–H and O–H groups in total. The minimum atomic E-state index is -4.00. The minimum absolute atomic E-state index is 0.101. The lowest BCUT2D eigenvalue weighted by atomic mass is 10.1. The van der Waals surface area contributed by atoms with Crippen molar-refractivity contribution in [2.45, 2.75) is 49.2 Å². The number of ether oxygens (including phenoxy) is 1. The van der Waals surface area contributed by atoms with Crippen LogP contribution in [-0.4, -0.2) is 42.1 Å². The second-order valence-corrected chi connectivity index (χ2v) is 8.80. The second-order valence-electron chi connectivity index (χ2n) is 6.86. The van der Waals surface area contributed by atoms with Gasteiger partial charge in [0.2, 0.25) is 10.0 Å². The van der Waals surface area contributed by atoms with E-state index in [0.717, 1.165) is 25.0 Å². The van der Waals surface area contributed by atoms with Crippen molar-refractivity contribution in [3.8, 4) is 0 Å². The van der Waals surface area contributed by atoms with Crippen LogP contribution in [0.15, 0.2) is 27.6 Å². The van der Waals surface area contributed by atoms with E-state index in [-0.39, 0.29) is 25.8 Å². The average molecular weight is 399 g/mol. The molecule has 7 nitrogen and oxygen atoms in total. The second kappa shape index (κ2) is 7.25. The van der Waals surface area contributed by atoms with E-state index in [1.54, 1.807) is 0 Å². The van der Waals surface area contributed by atoms with Gasteiger partial charge in [-0.25, -0.2) is 17.2 Å². The molecule has 1 saturated carbocycles. The van der Waals surface area contributed by atoms with Crippen LogP contribution in [0.25, 0.3) is 0 Å². The number of hydrogen-bond donors (Lipinski definition) is 0. The van der Waals surface area contributed by atoms with Gasteiger partial charge < -0.3 is 9.26 Å². The molecule has 1 aromatic heterocycles. The summed E-state index contributed by atoms with van der Waals surface area (Å²) in [5.41, 5.74) is 0. The highest BCUT2D eigenvalue weighted by molar-refractivity contribution is 7.89. The molecule has 1 aliphatic heterocycles. The van der Waals surface area contributed by atoms with Gasteiger partial charge in [-0.2, -0.15) is 9.29 Å². The van der Waals surface area contributed by atoms with E-state index in [2.05, 4.69) is 10.1 Å². The Morgan fingerprint density at radius 1 is 1.19 bits per heavy atom. The molecule has 1 unspecified atom stereocenters. The highest BCUT2D eigenvalue weighted by Gasteiger charge is 2.32. The van der Waals surface area contributed by atoms with E-state index >= 15 is 0 Å². The van der Waals surface area contributed by atoms with Crippen molar-refractivity contribution in [1.82, 2.24) is 14.4 Å². The summed E-state index contributed by atoms with van der Waals surface area (Å²) in [6.45, 7) is 0.476. The molecule has 4 rings (SSSR count). The first kappa shape index (κ1) is 18.5. The molecule has 2 fully saturated rings. The number of sulfonamides is 1. The van der Waals surface area contributed by atoms with E-state index < -0.39 is 26.6 Å². The van der Waals surface area contributed by atoms with Gasteiger partial charge in [0.15, 0.2) is 5.82 Å². The van der Waals surface area contributed by atoms with Crippen LogP contribution in [0.5, 0.6) is 0 Å². The van der Waals surface area contributed by atoms with Crippen molar-refractivity contribution >= 4 is 10.0 Å². The number of halogens is 2. The molecular weight excluding hydrogens is 380 g/mol. The highest BCUT2D eigenvalue weighted by Crippen LogP contribution is 2.38. The van der Waals surface area contributed by atoms with Gasteiger partial charge in [-0.15, -0.1) is 0 Å². The molecule has 0 spiro atoms. The lowest BCUT2D eigenvalue weighted by Gasteiger charge is -2.31. The van der Waals surface area contributed by atoms with Gasteiger partial charge in [-0.05, 0) is 37.8 Å². The Labute approximate surface area is 155 Å². The largest absolute Gasteiger partial charge is 0.367 e. The Morgan fingerprint density at radius 3 is 2.63 bits per heavy atom. The van der Waals surface area contributed by atoms with Gasteiger partial charge in [0.1, 0.15) is 18.2 Å². The normalized spacial score (nSPS) is 21.5. The van der Waals surface area contributed by atoms with Gasteiger partial charge >= 0.3 is 0 Å². The molecule has 1 atom stereocenters. The fourth-order valence-electron chi connectivity index (χ4n) is 3.11. The van der Waals surface area contributed by atoms with Crippen LogP contribution in [0.2, 0.25) is 0 Å². The minimum Gasteiger partial charge on any atom is -0.367 e. The molecule has 1 aromatic carbocycles. The fraction of sp³-hybridized carbons (Fsp3) is 0.529. The summed E-state index contributed by atoms with van der Waals surface area (Å²) in [6, 6.07) is 2.28. The van der Waals surface area contributed by atoms with Crippen molar-refractivity contribution in [3.63, 3.8) is 0 Å². The van der Waals surface area contributed by atoms with Crippen LogP contribution in [0.1, 0.15) is 43.3 Å². The summed E-state index contributed by atoms with van der Waals surface area (Å²) in [5.74, 6) is -0.425. The van der Waals surface area contributed by atoms with Gasteiger partial charge in [-0.3, -0.25) is 0 Å². The van der Waals surface area contributed by atoms with Crippen LogP contribution in [0, 0.1) is 11.6 Å². The first-order valence-electron chi connectivity index (χ1n) is 8.82. The van der Waals surface area contributed by atoms with Gasteiger partial charge in [0.25, 0.3) is 5.89 Å². The number of hydrogen-bond acceptors (Lipinski definition) is 6. The number of piperidine rings is 1. The molecule has 2 aliphatic rings. The standard InChI is InChI=1S/C17H19F2N3O4S/c18-12-6-13(19)8-15(7-12)27(23,24)22-5-1-2-14(9-22)25-10-16-20-17(21-26-16)11-3-4-11/h6-8,11,14H,1-5,9-10H2. The molecule has 146 valence electrons. The molecule has 0 radical (unpaired) electrons.